The van der Waals surface area contributed by atoms with Crippen molar-refractivity contribution in [2.24, 2.45) is 7.05 Å². The molecular weight excluding hydrogens is 242 g/mol. The monoisotopic (exact) mass is 259 g/mol. The topological polar surface area (TPSA) is 29.9 Å². The first-order valence-electron chi connectivity index (χ1n) is 4.91. The van der Waals surface area contributed by atoms with Crippen LogP contribution in [0.5, 0.6) is 0 Å². The van der Waals surface area contributed by atoms with Crippen molar-refractivity contribution in [2.75, 3.05) is 7.05 Å². The Kier molecular flexibility index (Phi) is 4.13. The van der Waals surface area contributed by atoms with E-state index in [4.69, 9.17) is 0 Å². The largest absolute Gasteiger partial charge is 0.317 e. The van der Waals surface area contributed by atoms with Gasteiger partial charge in [-0.2, -0.15) is 5.10 Å². The molecule has 0 aromatic carbocycles. The van der Waals surface area contributed by atoms with Gasteiger partial charge in [0.05, 0.1) is 15.9 Å². The molecule has 1 heterocycles. The summed E-state index contributed by atoms with van der Waals surface area (Å²) in [5, 5.41) is 7.60. The molecule has 1 N–H and O–H groups in total. The molecule has 0 aliphatic carbocycles. The van der Waals surface area contributed by atoms with Crippen LogP contribution in [0.3, 0.4) is 0 Å². The standard InChI is InChI=1S/C10H18BrN3/c1-7(12-3)5-6-9-10(11)8(2)13-14(9)4/h7,12H,5-6H2,1-4H3. The molecule has 0 saturated carbocycles. The van der Waals surface area contributed by atoms with Crippen LogP contribution in [-0.4, -0.2) is 22.9 Å². The summed E-state index contributed by atoms with van der Waals surface area (Å²) in [5.41, 5.74) is 2.35. The molecule has 0 bridgehead atoms. The third-order valence-corrected chi connectivity index (χ3v) is 3.60. The van der Waals surface area contributed by atoms with Gasteiger partial charge < -0.3 is 5.32 Å². The van der Waals surface area contributed by atoms with Gasteiger partial charge in [-0.1, -0.05) is 0 Å². The van der Waals surface area contributed by atoms with Crippen molar-refractivity contribution < 1.29 is 0 Å². The summed E-state index contributed by atoms with van der Waals surface area (Å²) in [7, 11) is 3.99. The zero-order valence-corrected chi connectivity index (χ0v) is 10.8. The Morgan fingerprint density at radius 3 is 2.64 bits per heavy atom. The van der Waals surface area contributed by atoms with Crippen LogP contribution >= 0.6 is 15.9 Å². The molecule has 1 aromatic rings. The minimum absolute atomic E-state index is 0.553. The number of hydrogen-bond acceptors (Lipinski definition) is 2. The number of nitrogens with one attached hydrogen (secondary N) is 1. The highest BCUT2D eigenvalue weighted by Crippen LogP contribution is 2.21. The normalized spacial score (nSPS) is 13.2. The molecule has 0 fully saturated rings. The van der Waals surface area contributed by atoms with Crippen LogP contribution in [0.4, 0.5) is 0 Å². The molecule has 0 spiro atoms. The quantitative estimate of drug-likeness (QED) is 0.897. The third-order valence-electron chi connectivity index (χ3n) is 2.57. The van der Waals surface area contributed by atoms with E-state index in [-0.39, 0.29) is 0 Å². The molecule has 0 radical (unpaired) electrons. The van der Waals surface area contributed by atoms with Gasteiger partial charge in [0.25, 0.3) is 0 Å². The van der Waals surface area contributed by atoms with E-state index in [1.165, 1.54) is 5.69 Å². The average molecular weight is 260 g/mol. The van der Waals surface area contributed by atoms with E-state index < -0.39 is 0 Å². The Labute approximate surface area is 94.0 Å². The van der Waals surface area contributed by atoms with Crippen molar-refractivity contribution in [2.45, 2.75) is 32.7 Å². The Hall–Kier alpha value is -0.350. The van der Waals surface area contributed by atoms with E-state index in [0.29, 0.717) is 6.04 Å². The van der Waals surface area contributed by atoms with Gasteiger partial charge in [0.1, 0.15) is 0 Å². The van der Waals surface area contributed by atoms with Gasteiger partial charge >= 0.3 is 0 Å². The lowest BCUT2D eigenvalue weighted by Gasteiger charge is -2.09. The zero-order valence-electron chi connectivity index (χ0n) is 9.26. The summed E-state index contributed by atoms with van der Waals surface area (Å²) < 4.78 is 3.12. The van der Waals surface area contributed by atoms with E-state index in [1.54, 1.807) is 0 Å². The first-order chi connectivity index (χ1) is 6.56. The summed E-state index contributed by atoms with van der Waals surface area (Å²) in [6.07, 6.45) is 2.19. The Morgan fingerprint density at radius 1 is 1.57 bits per heavy atom. The maximum Gasteiger partial charge on any atom is 0.0738 e. The molecule has 1 rings (SSSR count). The molecule has 4 heteroatoms. The fourth-order valence-corrected chi connectivity index (χ4v) is 1.98. The van der Waals surface area contributed by atoms with E-state index in [1.807, 2.05) is 25.7 Å². The Balaban J connectivity index is 2.67. The van der Waals surface area contributed by atoms with Crippen LogP contribution in [0.25, 0.3) is 0 Å². The number of aromatic nitrogens is 2. The van der Waals surface area contributed by atoms with E-state index >= 15 is 0 Å². The highest BCUT2D eigenvalue weighted by Gasteiger charge is 2.10. The van der Waals surface area contributed by atoms with Gasteiger partial charge in [-0.25, -0.2) is 0 Å². The van der Waals surface area contributed by atoms with Crippen molar-refractivity contribution in [3.05, 3.63) is 15.9 Å². The Morgan fingerprint density at radius 2 is 2.21 bits per heavy atom. The molecule has 1 atom stereocenters. The fraction of sp³-hybridized carbons (Fsp3) is 0.700. The molecule has 80 valence electrons. The zero-order chi connectivity index (χ0) is 10.7. The maximum absolute atomic E-state index is 4.36. The number of halogens is 1. The number of hydrogen-bond donors (Lipinski definition) is 1. The van der Waals surface area contributed by atoms with Crippen molar-refractivity contribution in [3.8, 4) is 0 Å². The highest BCUT2D eigenvalue weighted by molar-refractivity contribution is 9.10. The van der Waals surface area contributed by atoms with Crippen molar-refractivity contribution in [1.82, 2.24) is 15.1 Å². The van der Waals surface area contributed by atoms with E-state index in [9.17, 15) is 0 Å². The molecule has 0 amide bonds. The molecule has 14 heavy (non-hydrogen) atoms. The number of nitrogens with zero attached hydrogens (tertiary/aromatic N) is 2. The molecule has 3 nitrogen and oxygen atoms in total. The van der Waals surface area contributed by atoms with Crippen LogP contribution in [0.2, 0.25) is 0 Å². The SMILES string of the molecule is CNC(C)CCc1c(Br)c(C)nn1C. The van der Waals surface area contributed by atoms with Gasteiger partial charge in [-0.3, -0.25) is 4.68 Å². The smallest absolute Gasteiger partial charge is 0.0738 e. The molecule has 1 unspecified atom stereocenters. The third kappa shape index (κ3) is 2.58. The summed E-state index contributed by atoms with van der Waals surface area (Å²) in [6.45, 7) is 4.21. The summed E-state index contributed by atoms with van der Waals surface area (Å²) in [6, 6.07) is 0.553. The predicted molar refractivity (Wildman–Crippen MR) is 62.5 cm³/mol. The van der Waals surface area contributed by atoms with E-state index in [2.05, 4.69) is 33.3 Å². The second-order valence-corrected chi connectivity index (χ2v) is 4.49. The van der Waals surface area contributed by atoms with Crippen LogP contribution < -0.4 is 5.32 Å². The average Bonchev–Trinajstić information content (AvgIpc) is 2.39. The minimum Gasteiger partial charge on any atom is -0.317 e. The number of aryl methyl sites for hydroxylation is 2. The lowest BCUT2D eigenvalue weighted by Crippen LogP contribution is -2.22. The Bertz CT molecular complexity index is 307. The van der Waals surface area contributed by atoms with Gasteiger partial charge in [0.15, 0.2) is 0 Å². The van der Waals surface area contributed by atoms with Crippen LogP contribution in [0.15, 0.2) is 4.47 Å². The number of rotatable bonds is 4. The van der Waals surface area contributed by atoms with Crippen LogP contribution in [0, 0.1) is 6.92 Å². The highest BCUT2D eigenvalue weighted by atomic mass is 79.9. The molecule has 1 aromatic heterocycles. The maximum atomic E-state index is 4.36. The fourth-order valence-electron chi connectivity index (χ4n) is 1.45. The van der Waals surface area contributed by atoms with Gasteiger partial charge in [0, 0.05) is 13.1 Å². The molecule has 0 aliphatic rings. The van der Waals surface area contributed by atoms with Crippen molar-refractivity contribution in [3.63, 3.8) is 0 Å². The van der Waals surface area contributed by atoms with Gasteiger partial charge in [0.2, 0.25) is 0 Å². The second-order valence-electron chi connectivity index (χ2n) is 3.70. The van der Waals surface area contributed by atoms with E-state index in [0.717, 1.165) is 23.0 Å². The van der Waals surface area contributed by atoms with Gasteiger partial charge in [-0.05, 0) is 49.7 Å². The first-order valence-corrected chi connectivity index (χ1v) is 5.70. The molecule has 0 aliphatic heterocycles. The lowest BCUT2D eigenvalue weighted by molar-refractivity contribution is 0.549. The second kappa shape index (κ2) is 4.94. The van der Waals surface area contributed by atoms with Crippen LogP contribution in [0.1, 0.15) is 24.7 Å². The van der Waals surface area contributed by atoms with Crippen molar-refractivity contribution in [1.29, 1.82) is 0 Å². The molecular formula is C10H18BrN3. The van der Waals surface area contributed by atoms with Crippen molar-refractivity contribution >= 4 is 15.9 Å². The summed E-state index contributed by atoms with van der Waals surface area (Å²) in [5.74, 6) is 0. The predicted octanol–water partition coefficient (Wildman–Crippen LogP) is 2.03. The molecule has 0 saturated heterocycles. The lowest BCUT2D eigenvalue weighted by atomic mass is 10.1. The first kappa shape index (κ1) is 11.7. The summed E-state index contributed by atoms with van der Waals surface area (Å²) >= 11 is 3.57. The van der Waals surface area contributed by atoms with Crippen LogP contribution in [-0.2, 0) is 13.5 Å². The van der Waals surface area contributed by atoms with Gasteiger partial charge in [-0.15, -0.1) is 0 Å². The summed E-state index contributed by atoms with van der Waals surface area (Å²) in [4.78, 5) is 0. The minimum atomic E-state index is 0.553.